The highest BCUT2D eigenvalue weighted by atomic mass is 35.5. The van der Waals surface area contributed by atoms with Crippen molar-refractivity contribution >= 4 is 34.7 Å². The van der Waals surface area contributed by atoms with E-state index in [0.717, 1.165) is 28.2 Å². The molecule has 1 aliphatic heterocycles. The van der Waals surface area contributed by atoms with E-state index in [1.165, 1.54) is 41.0 Å². The first kappa shape index (κ1) is 20.7. The second-order valence-corrected chi connectivity index (χ2v) is 11.6. The minimum Gasteiger partial charge on any atom is -0.493 e. The van der Waals surface area contributed by atoms with E-state index < -0.39 is 0 Å². The third-order valence-corrected chi connectivity index (χ3v) is 10.2. The molecule has 2 saturated carbocycles. The van der Waals surface area contributed by atoms with Gasteiger partial charge in [0.15, 0.2) is 11.5 Å². The standard InChI is InChI=1S/C25H24ClNO3S2/c1-29-19-11-15(7-8-18(19)30-12-13-3-2-4-17(26)9-13)21-20-14-5-6-16(10-14)22(20)31-24-23(21)32-25(28)27-24/h2-4,7-9,11,14,16,20-22H,5-6,10,12H2,1H3,(H,27,28)/t14-,16-,20-,21-,22+/m0/s1. The van der Waals surface area contributed by atoms with Gasteiger partial charge in [-0.2, -0.15) is 0 Å². The van der Waals surface area contributed by atoms with Gasteiger partial charge in [-0.05, 0) is 72.4 Å². The van der Waals surface area contributed by atoms with Crippen molar-refractivity contribution in [1.82, 2.24) is 4.98 Å². The first-order valence-corrected chi connectivity index (χ1v) is 13.1. The summed E-state index contributed by atoms with van der Waals surface area (Å²) in [6, 6.07) is 14.0. The number of rotatable bonds is 5. The highest BCUT2D eigenvalue weighted by Crippen LogP contribution is 2.63. The van der Waals surface area contributed by atoms with E-state index in [1.54, 1.807) is 7.11 Å². The first-order valence-electron chi connectivity index (χ1n) is 11.1. The molecule has 2 heterocycles. The van der Waals surface area contributed by atoms with Crippen LogP contribution in [0.2, 0.25) is 5.02 Å². The number of hydrogen-bond donors (Lipinski definition) is 1. The molecule has 0 radical (unpaired) electrons. The number of benzene rings is 2. The molecule has 2 bridgehead atoms. The molecule has 6 rings (SSSR count). The Hall–Kier alpha value is -1.89. The van der Waals surface area contributed by atoms with Gasteiger partial charge in [-0.1, -0.05) is 41.1 Å². The molecule has 2 aliphatic carbocycles. The molecule has 7 heteroatoms. The van der Waals surface area contributed by atoms with Gasteiger partial charge in [0.25, 0.3) is 0 Å². The molecule has 1 aromatic heterocycles. The number of thioether (sulfide) groups is 1. The molecule has 2 aromatic carbocycles. The maximum Gasteiger partial charge on any atom is 0.305 e. The Morgan fingerprint density at radius 1 is 1.12 bits per heavy atom. The van der Waals surface area contributed by atoms with Crippen LogP contribution in [0.3, 0.4) is 0 Å². The molecule has 0 amide bonds. The van der Waals surface area contributed by atoms with E-state index in [0.29, 0.717) is 28.5 Å². The number of thiazole rings is 1. The first-order chi connectivity index (χ1) is 15.6. The van der Waals surface area contributed by atoms with Crippen LogP contribution in [0, 0.1) is 17.8 Å². The zero-order chi connectivity index (χ0) is 21.8. The number of aromatic nitrogens is 1. The monoisotopic (exact) mass is 485 g/mol. The molecule has 0 unspecified atom stereocenters. The van der Waals surface area contributed by atoms with Gasteiger partial charge in [0.1, 0.15) is 6.61 Å². The van der Waals surface area contributed by atoms with Gasteiger partial charge < -0.3 is 14.5 Å². The smallest absolute Gasteiger partial charge is 0.305 e. The molecule has 0 spiro atoms. The number of H-pyrrole nitrogens is 1. The quantitative estimate of drug-likeness (QED) is 0.458. The van der Waals surface area contributed by atoms with Crippen molar-refractivity contribution < 1.29 is 9.47 Å². The molecule has 32 heavy (non-hydrogen) atoms. The van der Waals surface area contributed by atoms with E-state index in [9.17, 15) is 4.79 Å². The highest BCUT2D eigenvalue weighted by Gasteiger charge is 2.54. The van der Waals surface area contributed by atoms with Crippen LogP contribution in [-0.4, -0.2) is 17.3 Å². The Morgan fingerprint density at radius 2 is 2.00 bits per heavy atom. The van der Waals surface area contributed by atoms with Gasteiger partial charge in [-0.15, -0.1) is 11.8 Å². The van der Waals surface area contributed by atoms with Crippen molar-refractivity contribution in [2.45, 2.75) is 42.1 Å². The zero-order valence-electron chi connectivity index (χ0n) is 17.7. The summed E-state index contributed by atoms with van der Waals surface area (Å²) in [7, 11) is 1.68. The van der Waals surface area contributed by atoms with Gasteiger partial charge in [0.2, 0.25) is 0 Å². The zero-order valence-corrected chi connectivity index (χ0v) is 20.1. The molecule has 5 atom stereocenters. The minimum absolute atomic E-state index is 0.0493. The summed E-state index contributed by atoms with van der Waals surface area (Å²) in [5.41, 5.74) is 2.23. The van der Waals surface area contributed by atoms with E-state index in [-0.39, 0.29) is 10.8 Å². The Bertz CT molecular complexity index is 1220. The topological polar surface area (TPSA) is 51.3 Å². The lowest BCUT2D eigenvalue weighted by atomic mass is 9.75. The van der Waals surface area contributed by atoms with Crippen LogP contribution in [0.25, 0.3) is 0 Å². The summed E-state index contributed by atoms with van der Waals surface area (Å²) in [5.74, 6) is 3.79. The van der Waals surface area contributed by atoms with Gasteiger partial charge in [0.05, 0.1) is 12.1 Å². The Morgan fingerprint density at radius 3 is 2.84 bits per heavy atom. The van der Waals surface area contributed by atoms with Crippen LogP contribution in [0.1, 0.15) is 41.2 Å². The molecule has 1 N–H and O–H groups in total. The van der Waals surface area contributed by atoms with Crippen LogP contribution >= 0.6 is 34.7 Å². The third-order valence-electron chi connectivity index (χ3n) is 7.30. The average Bonchev–Trinajstić information content (AvgIpc) is 3.50. The summed E-state index contributed by atoms with van der Waals surface area (Å²) in [6.45, 7) is 0.425. The average molecular weight is 486 g/mol. The molecular weight excluding hydrogens is 462 g/mol. The number of aromatic amines is 1. The van der Waals surface area contributed by atoms with Gasteiger partial charge in [-0.3, -0.25) is 4.79 Å². The molecule has 4 nitrogen and oxygen atoms in total. The van der Waals surface area contributed by atoms with Gasteiger partial charge in [0, 0.05) is 21.1 Å². The number of methoxy groups -OCH3 is 1. The molecular formula is C25H24ClNO3S2. The maximum atomic E-state index is 12.2. The lowest BCUT2D eigenvalue weighted by Gasteiger charge is -2.40. The number of halogens is 1. The van der Waals surface area contributed by atoms with E-state index in [2.05, 4.69) is 17.1 Å². The Kier molecular flexibility index (Phi) is 5.27. The summed E-state index contributed by atoms with van der Waals surface area (Å²) in [6.07, 6.45) is 3.97. The molecule has 166 valence electrons. The van der Waals surface area contributed by atoms with Crippen LogP contribution in [-0.2, 0) is 6.61 Å². The normalized spacial score (nSPS) is 27.8. The second-order valence-electron chi connectivity index (χ2n) is 9.01. The fourth-order valence-electron chi connectivity index (χ4n) is 6.01. The lowest BCUT2D eigenvalue weighted by molar-refractivity contribution is 0.282. The van der Waals surface area contributed by atoms with Crippen molar-refractivity contribution in [3.63, 3.8) is 0 Å². The summed E-state index contributed by atoms with van der Waals surface area (Å²) in [4.78, 5) is 16.6. The summed E-state index contributed by atoms with van der Waals surface area (Å²) in [5, 5.41) is 2.38. The molecule has 0 saturated heterocycles. The van der Waals surface area contributed by atoms with Gasteiger partial charge in [-0.25, -0.2) is 0 Å². The van der Waals surface area contributed by atoms with E-state index in [1.807, 2.05) is 42.1 Å². The van der Waals surface area contributed by atoms with Crippen molar-refractivity contribution in [2.24, 2.45) is 17.8 Å². The minimum atomic E-state index is 0.0493. The molecule has 3 aliphatic rings. The Labute approximate surface area is 200 Å². The van der Waals surface area contributed by atoms with Crippen LogP contribution in [0.5, 0.6) is 11.5 Å². The summed E-state index contributed by atoms with van der Waals surface area (Å²) >= 11 is 9.40. The SMILES string of the molecule is COc1cc([C@@H]2c3sc(=O)[nH]c3S[C@@H]3[C@H]4CC[C@@H](C4)[C@@H]23)ccc1OCc1cccc(Cl)c1. The fraction of sp³-hybridized carbons (Fsp3) is 0.400. The Balaban J connectivity index is 1.34. The third kappa shape index (κ3) is 3.47. The molecule has 2 fully saturated rings. The predicted octanol–water partition coefficient (Wildman–Crippen LogP) is 6.33. The highest BCUT2D eigenvalue weighted by molar-refractivity contribution is 8.00. The van der Waals surface area contributed by atoms with Crippen LogP contribution in [0.15, 0.2) is 52.3 Å². The number of nitrogens with one attached hydrogen (secondary N) is 1. The fourth-order valence-corrected chi connectivity index (χ4v) is 9.11. The number of fused-ring (bicyclic) bond motifs is 6. The van der Waals surface area contributed by atoms with E-state index >= 15 is 0 Å². The molecule has 3 aromatic rings. The van der Waals surface area contributed by atoms with Crippen LogP contribution < -0.4 is 14.3 Å². The number of ether oxygens (including phenoxy) is 2. The number of hydrogen-bond acceptors (Lipinski definition) is 5. The maximum absolute atomic E-state index is 12.2. The lowest BCUT2D eigenvalue weighted by Crippen LogP contribution is -2.33. The van der Waals surface area contributed by atoms with Crippen LogP contribution in [0.4, 0.5) is 0 Å². The van der Waals surface area contributed by atoms with Crippen molar-refractivity contribution in [3.05, 3.63) is 73.2 Å². The van der Waals surface area contributed by atoms with Crippen molar-refractivity contribution in [3.8, 4) is 11.5 Å². The second kappa shape index (κ2) is 8.15. The van der Waals surface area contributed by atoms with Gasteiger partial charge >= 0.3 is 4.87 Å². The predicted molar refractivity (Wildman–Crippen MR) is 130 cm³/mol. The van der Waals surface area contributed by atoms with Crippen molar-refractivity contribution in [1.29, 1.82) is 0 Å². The largest absolute Gasteiger partial charge is 0.493 e. The summed E-state index contributed by atoms with van der Waals surface area (Å²) < 4.78 is 11.8. The van der Waals surface area contributed by atoms with Crippen molar-refractivity contribution in [2.75, 3.05) is 7.11 Å². The van der Waals surface area contributed by atoms with E-state index in [4.69, 9.17) is 21.1 Å².